The molecule has 0 atom stereocenters. The van der Waals surface area contributed by atoms with Crippen molar-refractivity contribution in [3.8, 4) is 5.75 Å². The van der Waals surface area contributed by atoms with Crippen LogP contribution in [0.4, 0.5) is 0 Å². The average molecular weight is 905 g/mol. The van der Waals surface area contributed by atoms with Crippen molar-refractivity contribution in [1.29, 1.82) is 0 Å². The van der Waals surface area contributed by atoms with Crippen molar-refractivity contribution >= 4 is 11.9 Å². The summed E-state index contributed by atoms with van der Waals surface area (Å²) in [5, 5.41) is 8.81. The lowest BCUT2D eigenvalue weighted by molar-refractivity contribution is -0.145. The van der Waals surface area contributed by atoms with Crippen molar-refractivity contribution in [1.82, 2.24) is 0 Å². The fourth-order valence-corrected chi connectivity index (χ4v) is 8.40. The molecule has 0 saturated carbocycles. The summed E-state index contributed by atoms with van der Waals surface area (Å²) in [5.74, 6) is -0.585. The monoisotopic (exact) mass is 905 g/mol. The molecule has 1 aliphatic rings. The molecule has 65 heavy (non-hydrogen) atoms. The van der Waals surface area contributed by atoms with E-state index in [0.29, 0.717) is 11.8 Å². The molecule has 1 aliphatic carbocycles. The maximum absolute atomic E-state index is 12.3. The van der Waals surface area contributed by atoms with Crippen molar-refractivity contribution in [2.75, 3.05) is 6.61 Å². The predicted octanol–water partition coefficient (Wildman–Crippen LogP) is 17.1. The van der Waals surface area contributed by atoms with Gasteiger partial charge in [0.1, 0.15) is 18.6 Å². The molecule has 1 aromatic heterocycles. The predicted molar refractivity (Wildman–Crippen MR) is 274 cm³/mol. The quantitative estimate of drug-likeness (QED) is 0.0406. The maximum Gasteiger partial charge on any atom is 0.311 e. The highest BCUT2D eigenvalue weighted by Crippen LogP contribution is 2.40. The van der Waals surface area contributed by atoms with E-state index in [0.717, 1.165) is 50.4 Å². The van der Waals surface area contributed by atoms with Gasteiger partial charge in [-0.15, -0.1) is 0 Å². The van der Waals surface area contributed by atoms with Crippen molar-refractivity contribution in [3.05, 3.63) is 87.1 Å². The highest BCUT2D eigenvalue weighted by Gasteiger charge is 2.26. The summed E-state index contributed by atoms with van der Waals surface area (Å²) < 4.78 is 15.9. The molecule has 1 N–H and O–H groups in total. The Labute approximate surface area is 398 Å². The molecule has 1 heterocycles. The molecule has 7 nitrogen and oxygen atoms in total. The summed E-state index contributed by atoms with van der Waals surface area (Å²) in [5.41, 5.74) is 5.21. The summed E-state index contributed by atoms with van der Waals surface area (Å²) >= 11 is 0. The van der Waals surface area contributed by atoms with Gasteiger partial charge in [-0.3, -0.25) is 14.4 Å². The molecule has 0 saturated heterocycles. The van der Waals surface area contributed by atoms with Crippen LogP contribution in [0.1, 0.15) is 253 Å². The van der Waals surface area contributed by atoms with E-state index >= 15 is 0 Å². The fourth-order valence-electron chi connectivity index (χ4n) is 8.40. The number of aliphatic hydroxyl groups excluding tert-OH is 1. The van der Waals surface area contributed by atoms with Gasteiger partial charge in [-0.1, -0.05) is 235 Å². The number of esters is 2. The molecule has 1 aromatic rings. The number of allylic oxidation sites excluding steroid dienone is 9. The third kappa shape index (κ3) is 32.8. The van der Waals surface area contributed by atoms with Crippen molar-refractivity contribution in [3.63, 3.8) is 0 Å². The molecule has 0 unspecified atom stereocenters. The van der Waals surface area contributed by atoms with Crippen LogP contribution in [0, 0.1) is 5.41 Å². The lowest BCUT2D eigenvalue weighted by Crippen LogP contribution is -2.19. The third-order valence-corrected chi connectivity index (χ3v) is 12.6. The summed E-state index contributed by atoms with van der Waals surface area (Å²) in [4.78, 5) is 36.6. The third-order valence-electron chi connectivity index (χ3n) is 12.6. The molecule has 7 heteroatoms. The normalized spacial score (nSPS) is 14.3. The Morgan fingerprint density at radius 3 is 1.63 bits per heavy atom. The van der Waals surface area contributed by atoms with E-state index in [1.807, 2.05) is 19.1 Å². The molecule has 370 valence electrons. The number of ether oxygens (including phenoxy) is 2. The van der Waals surface area contributed by atoms with Gasteiger partial charge < -0.3 is 19.0 Å². The minimum atomic E-state index is -0.447. The maximum atomic E-state index is 12.3. The average Bonchev–Trinajstić information content (AvgIpc) is 3.27. The lowest BCUT2D eigenvalue weighted by Gasteiger charge is -2.32. The molecule has 0 aromatic carbocycles. The second kappa shape index (κ2) is 39.7. The Bertz CT molecular complexity index is 1600. The van der Waals surface area contributed by atoms with Crippen LogP contribution >= 0.6 is 0 Å². The van der Waals surface area contributed by atoms with Gasteiger partial charge in [-0.2, -0.15) is 0 Å². The summed E-state index contributed by atoms with van der Waals surface area (Å²) in [6, 6.07) is 1.23. The zero-order valence-electron chi connectivity index (χ0n) is 42.9. The Kier molecular flexibility index (Phi) is 36.4. The Morgan fingerprint density at radius 2 is 1.17 bits per heavy atom. The molecular weight excluding hydrogens is 809 g/mol. The van der Waals surface area contributed by atoms with Crippen molar-refractivity contribution in [2.45, 2.75) is 254 Å². The van der Waals surface area contributed by atoms with Gasteiger partial charge in [0.25, 0.3) is 0 Å². The van der Waals surface area contributed by atoms with Gasteiger partial charge in [0.15, 0.2) is 0 Å². The van der Waals surface area contributed by atoms with Crippen LogP contribution in [0.15, 0.2) is 80.3 Å². The molecule has 0 aliphatic heterocycles. The zero-order chi connectivity index (χ0) is 47.8. The second-order valence-electron chi connectivity index (χ2n) is 19.4. The van der Waals surface area contributed by atoms with E-state index < -0.39 is 11.4 Å². The van der Waals surface area contributed by atoms with Crippen LogP contribution in [0.5, 0.6) is 5.75 Å². The minimum absolute atomic E-state index is 0.0975. The molecular formula is C58H96O7. The zero-order valence-corrected chi connectivity index (χ0v) is 42.9. The lowest BCUT2D eigenvalue weighted by atomic mass is 9.72. The molecule has 0 amide bonds. The smallest absolute Gasteiger partial charge is 0.311 e. The van der Waals surface area contributed by atoms with Crippen LogP contribution in [0.2, 0.25) is 0 Å². The molecule has 0 fully saturated rings. The number of carbonyl (C=O) groups is 2. The van der Waals surface area contributed by atoms with Crippen LogP contribution in [-0.4, -0.2) is 23.7 Å². The van der Waals surface area contributed by atoms with Gasteiger partial charge in [0.2, 0.25) is 11.2 Å². The highest BCUT2D eigenvalue weighted by molar-refractivity contribution is 5.72. The van der Waals surface area contributed by atoms with Gasteiger partial charge in [0, 0.05) is 18.9 Å². The van der Waals surface area contributed by atoms with Crippen molar-refractivity contribution in [2.24, 2.45) is 5.41 Å². The number of unbranched alkanes of at least 4 members (excludes halogenated alkanes) is 24. The number of rotatable bonds is 36. The van der Waals surface area contributed by atoms with Crippen LogP contribution in [0.25, 0.3) is 0 Å². The highest BCUT2D eigenvalue weighted by atomic mass is 16.6. The topological polar surface area (TPSA) is 103 Å². The van der Waals surface area contributed by atoms with Crippen molar-refractivity contribution < 1.29 is 28.6 Å². The molecule has 2 rings (SSSR count). The van der Waals surface area contributed by atoms with E-state index in [1.165, 1.54) is 170 Å². The Morgan fingerprint density at radius 1 is 0.692 bits per heavy atom. The van der Waals surface area contributed by atoms with E-state index in [1.54, 1.807) is 6.08 Å². The largest absolute Gasteiger partial charge is 0.462 e. The van der Waals surface area contributed by atoms with E-state index in [4.69, 9.17) is 19.0 Å². The molecule has 0 spiro atoms. The number of aliphatic hydroxyl groups is 1. The Balaban J connectivity index is 0.000000836. The summed E-state index contributed by atoms with van der Waals surface area (Å²) in [6.45, 7) is 15.6. The van der Waals surface area contributed by atoms with E-state index in [2.05, 4.69) is 59.8 Å². The van der Waals surface area contributed by atoms with Gasteiger partial charge >= 0.3 is 11.9 Å². The number of hydrogen-bond acceptors (Lipinski definition) is 7. The van der Waals surface area contributed by atoms with Crippen LogP contribution in [-0.2, 0) is 20.9 Å². The number of carbonyl (C=O) groups excluding carboxylic acids is 2. The summed E-state index contributed by atoms with van der Waals surface area (Å²) in [6.07, 6.45) is 50.6. The Hall–Kier alpha value is -3.45. The molecule has 0 radical (unpaired) electrons. The standard InChI is InChI=1S/C38H66O6.C20H30O/c1-3-5-7-9-11-13-15-17-19-21-23-25-27-29-37(40)43-32-34-31-35(39)36(33-42-34)44-38(41)30-28-26-24-22-20-18-16-14-12-10-8-6-4-2;1-16(8-6-9-17(2)13-15-21)11-12-19-18(3)10-7-14-20(19,4)5/h31,33H,3-30,32H2,1-2H3;6,8-9,11-13,21H,7,10,14-15H2,1-5H3/b;9-6+,12-11+,16-8+,17-13+. The van der Waals surface area contributed by atoms with Gasteiger partial charge in [0.05, 0.1) is 6.61 Å². The summed E-state index contributed by atoms with van der Waals surface area (Å²) in [7, 11) is 0. The first-order chi connectivity index (χ1) is 31.4. The fraction of sp³-hybridized carbons (Fsp3) is 0.707. The first-order valence-electron chi connectivity index (χ1n) is 26.4. The van der Waals surface area contributed by atoms with E-state index in [9.17, 15) is 14.4 Å². The van der Waals surface area contributed by atoms with Crippen LogP contribution < -0.4 is 10.2 Å². The first kappa shape index (κ1) is 59.6. The minimum Gasteiger partial charge on any atom is -0.462 e. The first-order valence-corrected chi connectivity index (χ1v) is 26.4. The van der Waals surface area contributed by atoms with E-state index in [-0.39, 0.29) is 37.1 Å². The SMILES string of the molecule is CC1=C(/C=C/C(C)=C/C=C/C(C)=C/CO)C(C)(C)CCC1.CCCCCCCCCCCCCCCC(=O)OCc1cc(=O)c(OC(=O)CCCCCCCCCCCCCCC)co1. The second-order valence-corrected chi connectivity index (χ2v) is 19.4. The van der Waals surface area contributed by atoms with Gasteiger partial charge in [-0.25, -0.2) is 0 Å². The molecule has 0 bridgehead atoms. The van der Waals surface area contributed by atoms with Crippen LogP contribution in [0.3, 0.4) is 0 Å². The van der Waals surface area contributed by atoms with Gasteiger partial charge in [-0.05, 0) is 63.9 Å². The number of hydrogen-bond donors (Lipinski definition) is 1.